The number of hydrogen-bond donors (Lipinski definition) is 1. The van der Waals surface area contributed by atoms with E-state index < -0.39 is 0 Å². The number of anilines is 2. The number of nitrogen functional groups attached to an aromatic ring is 1. The molecule has 1 aliphatic heterocycles. The maximum Gasteiger partial charge on any atom is 0.234 e. The van der Waals surface area contributed by atoms with Crippen LogP contribution in [0.1, 0.15) is 24.2 Å². The molecular weight excluding hydrogens is 228 g/mol. The minimum absolute atomic E-state index is 0.0688. The predicted molar refractivity (Wildman–Crippen MR) is 69.2 cm³/mol. The Balaban J connectivity index is 2.04. The van der Waals surface area contributed by atoms with E-state index in [0.717, 1.165) is 17.0 Å². The number of fused-ring (bicyclic) bond motifs is 1. The average molecular weight is 242 g/mol. The van der Waals surface area contributed by atoms with Crippen LogP contribution in [0.4, 0.5) is 11.4 Å². The molecule has 1 aromatic carbocycles. The summed E-state index contributed by atoms with van der Waals surface area (Å²) < 4.78 is 5.30. The van der Waals surface area contributed by atoms with Crippen molar-refractivity contribution in [2.24, 2.45) is 0 Å². The van der Waals surface area contributed by atoms with E-state index in [4.69, 9.17) is 10.2 Å². The number of carbonyl (C=O) groups excluding carboxylic acids is 1. The summed E-state index contributed by atoms with van der Waals surface area (Å²) >= 11 is 0. The number of carbonyl (C=O) groups is 1. The molecule has 92 valence electrons. The van der Waals surface area contributed by atoms with Gasteiger partial charge in [-0.1, -0.05) is 12.1 Å². The standard InChI is InChI=1S/C14H14N2O2/c1-9-11-5-2-6-12(15)13(11)16(14(9)17)8-10-4-3-7-18-10/h2-7,9H,8,15H2,1H3. The van der Waals surface area contributed by atoms with Crippen LogP contribution in [0.25, 0.3) is 0 Å². The molecule has 4 nitrogen and oxygen atoms in total. The number of hydrogen-bond acceptors (Lipinski definition) is 3. The molecule has 0 aliphatic carbocycles. The number of benzene rings is 1. The van der Waals surface area contributed by atoms with Gasteiger partial charge in [0, 0.05) is 0 Å². The van der Waals surface area contributed by atoms with Crippen molar-refractivity contribution in [2.75, 3.05) is 10.6 Å². The first kappa shape index (κ1) is 10.9. The Kier molecular flexibility index (Phi) is 2.37. The Morgan fingerprint density at radius 3 is 2.89 bits per heavy atom. The molecule has 1 aliphatic rings. The van der Waals surface area contributed by atoms with Gasteiger partial charge in [0.15, 0.2) is 0 Å². The van der Waals surface area contributed by atoms with Crippen molar-refractivity contribution in [3.05, 3.63) is 47.9 Å². The van der Waals surface area contributed by atoms with E-state index in [1.54, 1.807) is 11.2 Å². The summed E-state index contributed by atoms with van der Waals surface area (Å²) in [7, 11) is 0. The molecule has 1 aromatic heterocycles. The first-order valence-corrected chi connectivity index (χ1v) is 5.90. The maximum absolute atomic E-state index is 12.3. The lowest BCUT2D eigenvalue weighted by atomic mass is 10.0. The van der Waals surface area contributed by atoms with Crippen LogP contribution in [0.15, 0.2) is 41.0 Å². The minimum Gasteiger partial charge on any atom is -0.467 e. The molecule has 2 N–H and O–H groups in total. The number of nitrogens with zero attached hydrogens (tertiary/aromatic N) is 1. The summed E-state index contributed by atoms with van der Waals surface area (Å²) in [6.45, 7) is 2.33. The van der Waals surface area contributed by atoms with Crippen molar-refractivity contribution in [1.29, 1.82) is 0 Å². The summed E-state index contributed by atoms with van der Waals surface area (Å²) in [5.74, 6) is 0.685. The Labute approximate surface area is 105 Å². The van der Waals surface area contributed by atoms with Crippen LogP contribution in [0.2, 0.25) is 0 Å². The second-order valence-corrected chi connectivity index (χ2v) is 4.51. The quantitative estimate of drug-likeness (QED) is 0.823. The smallest absolute Gasteiger partial charge is 0.234 e. The molecule has 18 heavy (non-hydrogen) atoms. The summed E-state index contributed by atoms with van der Waals surface area (Å²) in [6.07, 6.45) is 1.61. The minimum atomic E-state index is -0.140. The normalized spacial score (nSPS) is 18.2. The lowest BCUT2D eigenvalue weighted by Crippen LogP contribution is -2.27. The van der Waals surface area contributed by atoms with E-state index in [2.05, 4.69) is 0 Å². The summed E-state index contributed by atoms with van der Waals surface area (Å²) in [6, 6.07) is 9.33. The predicted octanol–water partition coefficient (Wildman–Crippen LogP) is 2.51. The van der Waals surface area contributed by atoms with Gasteiger partial charge in [-0.25, -0.2) is 0 Å². The lowest BCUT2D eigenvalue weighted by Gasteiger charge is -2.17. The largest absolute Gasteiger partial charge is 0.467 e. The summed E-state index contributed by atoms with van der Waals surface area (Å²) in [4.78, 5) is 14.0. The number of nitrogens with two attached hydrogens (primary N) is 1. The second kappa shape index (κ2) is 3.91. The third-order valence-electron chi connectivity index (χ3n) is 3.37. The van der Waals surface area contributed by atoms with Crippen LogP contribution in [0, 0.1) is 0 Å². The topological polar surface area (TPSA) is 59.5 Å². The van der Waals surface area contributed by atoms with Crippen molar-refractivity contribution >= 4 is 17.3 Å². The maximum atomic E-state index is 12.3. The Hall–Kier alpha value is -2.23. The molecule has 2 heterocycles. The number of furan rings is 1. The molecule has 0 spiro atoms. The molecule has 0 saturated carbocycles. The summed E-state index contributed by atoms with van der Waals surface area (Å²) in [5, 5.41) is 0. The monoisotopic (exact) mass is 242 g/mol. The number of rotatable bonds is 2. The van der Waals surface area contributed by atoms with Gasteiger partial charge >= 0.3 is 0 Å². The third-order valence-corrected chi connectivity index (χ3v) is 3.37. The molecule has 1 atom stereocenters. The fourth-order valence-corrected chi connectivity index (χ4v) is 2.43. The van der Waals surface area contributed by atoms with Gasteiger partial charge in [-0.2, -0.15) is 0 Å². The Morgan fingerprint density at radius 1 is 1.33 bits per heavy atom. The van der Waals surface area contributed by atoms with Gasteiger partial charge in [-0.15, -0.1) is 0 Å². The average Bonchev–Trinajstić information content (AvgIpc) is 2.94. The fourth-order valence-electron chi connectivity index (χ4n) is 2.43. The summed E-state index contributed by atoms with van der Waals surface area (Å²) in [5.41, 5.74) is 8.44. The zero-order valence-corrected chi connectivity index (χ0v) is 10.1. The van der Waals surface area contributed by atoms with Crippen LogP contribution >= 0.6 is 0 Å². The molecule has 4 heteroatoms. The molecule has 0 fully saturated rings. The second-order valence-electron chi connectivity index (χ2n) is 4.51. The van der Waals surface area contributed by atoms with Crippen LogP contribution < -0.4 is 10.6 Å². The van der Waals surface area contributed by atoms with E-state index in [0.29, 0.717) is 12.2 Å². The van der Waals surface area contributed by atoms with Crippen LogP contribution in [0.5, 0.6) is 0 Å². The van der Waals surface area contributed by atoms with Crippen molar-refractivity contribution in [1.82, 2.24) is 0 Å². The van der Waals surface area contributed by atoms with Crippen molar-refractivity contribution in [3.63, 3.8) is 0 Å². The van der Waals surface area contributed by atoms with Gasteiger partial charge in [0.2, 0.25) is 5.91 Å². The molecule has 1 unspecified atom stereocenters. The van der Waals surface area contributed by atoms with Gasteiger partial charge in [-0.05, 0) is 30.7 Å². The molecule has 2 aromatic rings. The Morgan fingerprint density at radius 2 is 2.17 bits per heavy atom. The highest BCUT2D eigenvalue weighted by Gasteiger charge is 2.35. The molecule has 0 bridgehead atoms. The van der Waals surface area contributed by atoms with Crippen LogP contribution in [0.3, 0.4) is 0 Å². The van der Waals surface area contributed by atoms with E-state index in [-0.39, 0.29) is 11.8 Å². The van der Waals surface area contributed by atoms with Gasteiger partial charge in [0.05, 0.1) is 30.1 Å². The van der Waals surface area contributed by atoms with E-state index >= 15 is 0 Å². The Bertz CT molecular complexity index is 590. The molecule has 0 saturated heterocycles. The van der Waals surface area contributed by atoms with E-state index in [1.165, 1.54) is 0 Å². The van der Waals surface area contributed by atoms with E-state index in [9.17, 15) is 4.79 Å². The number of para-hydroxylation sites is 1. The highest BCUT2D eigenvalue weighted by Crippen LogP contribution is 2.41. The zero-order chi connectivity index (χ0) is 12.7. The van der Waals surface area contributed by atoms with Crippen molar-refractivity contribution < 1.29 is 9.21 Å². The molecule has 1 amide bonds. The van der Waals surface area contributed by atoms with Gasteiger partial charge < -0.3 is 15.1 Å². The SMILES string of the molecule is CC1C(=O)N(Cc2ccco2)c2c(N)cccc21. The van der Waals surface area contributed by atoms with E-state index in [1.807, 2.05) is 37.3 Å². The molecular formula is C14H14N2O2. The first-order chi connectivity index (χ1) is 8.68. The third kappa shape index (κ3) is 1.49. The van der Waals surface area contributed by atoms with Gasteiger partial charge in [0.1, 0.15) is 5.76 Å². The first-order valence-electron chi connectivity index (χ1n) is 5.90. The highest BCUT2D eigenvalue weighted by atomic mass is 16.3. The van der Waals surface area contributed by atoms with Gasteiger partial charge in [0.25, 0.3) is 0 Å². The van der Waals surface area contributed by atoms with Crippen LogP contribution in [-0.2, 0) is 11.3 Å². The van der Waals surface area contributed by atoms with Crippen LogP contribution in [-0.4, -0.2) is 5.91 Å². The molecule has 0 radical (unpaired) electrons. The fraction of sp³-hybridized carbons (Fsp3) is 0.214. The lowest BCUT2D eigenvalue weighted by molar-refractivity contribution is -0.119. The van der Waals surface area contributed by atoms with Crippen molar-refractivity contribution in [3.8, 4) is 0 Å². The highest BCUT2D eigenvalue weighted by molar-refractivity contribution is 6.07. The van der Waals surface area contributed by atoms with Crippen molar-refractivity contribution in [2.45, 2.75) is 19.4 Å². The number of amides is 1. The molecule has 3 rings (SSSR count). The zero-order valence-electron chi connectivity index (χ0n) is 10.1. The van der Waals surface area contributed by atoms with Gasteiger partial charge in [-0.3, -0.25) is 4.79 Å².